The van der Waals surface area contributed by atoms with Gasteiger partial charge in [0.15, 0.2) is 0 Å². The van der Waals surface area contributed by atoms with E-state index in [-0.39, 0.29) is 0 Å². The summed E-state index contributed by atoms with van der Waals surface area (Å²) in [4.78, 5) is 8.47. The van der Waals surface area contributed by atoms with E-state index in [4.69, 9.17) is 11.6 Å². The van der Waals surface area contributed by atoms with Crippen molar-refractivity contribution in [3.8, 4) is 0 Å². The van der Waals surface area contributed by atoms with Gasteiger partial charge in [-0.1, -0.05) is 37.8 Å². The highest BCUT2D eigenvalue weighted by Gasteiger charge is 2.28. The van der Waals surface area contributed by atoms with E-state index < -0.39 is 5.60 Å². The van der Waals surface area contributed by atoms with Gasteiger partial charge in [-0.05, 0) is 12.8 Å². The Morgan fingerprint density at radius 3 is 2.72 bits per heavy atom. The van der Waals surface area contributed by atoms with Crippen molar-refractivity contribution in [1.82, 2.24) is 9.97 Å². The Morgan fingerprint density at radius 1 is 1.33 bits per heavy atom. The third kappa shape index (κ3) is 3.56. The minimum absolute atomic E-state index is 0.444. The molecule has 1 aliphatic carbocycles. The van der Waals surface area contributed by atoms with E-state index in [0.29, 0.717) is 17.5 Å². The number of rotatable bonds is 4. The molecule has 1 aromatic heterocycles. The van der Waals surface area contributed by atoms with Crippen molar-refractivity contribution in [1.29, 1.82) is 0 Å². The fourth-order valence-electron chi connectivity index (χ4n) is 2.36. The van der Waals surface area contributed by atoms with E-state index in [9.17, 15) is 5.11 Å². The fourth-order valence-corrected chi connectivity index (χ4v) is 2.56. The second kappa shape index (κ2) is 5.85. The second-order valence-electron chi connectivity index (χ2n) is 4.98. The number of aliphatic hydroxyl groups is 1. The minimum Gasteiger partial charge on any atom is -0.388 e. The zero-order valence-electron chi connectivity index (χ0n) is 10.7. The standard InChI is InChI=1S/C13H20ClN3O/c1-2-11-16-10(14)8-12(17-11)15-9-13(18)6-4-3-5-7-13/h8,18H,2-7,9H2,1H3,(H,15,16,17). The molecule has 1 aromatic rings. The number of hydrogen-bond donors (Lipinski definition) is 2. The van der Waals surface area contributed by atoms with Crippen molar-refractivity contribution in [3.63, 3.8) is 0 Å². The molecule has 1 aliphatic rings. The third-order valence-electron chi connectivity index (χ3n) is 3.44. The summed E-state index contributed by atoms with van der Waals surface area (Å²) in [5.41, 5.74) is -0.595. The predicted molar refractivity (Wildman–Crippen MR) is 72.9 cm³/mol. The molecular weight excluding hydrogens is 250 g/mol. The number of hydrogen-bond acceptors (Lipinski definition) is 4. The van der Waals surface area contributed by atoms with Crippen LogP contribution in [0.4, 0.5) is 5.82 Å². The Hall–Kier alpha value is -0.870. The number of nitrogens with zero attached hydrogens (tertiary/aromatic N) is 2. The minimum atomic E-state index is -0.595. The Bertz CT molecular complexity index is 405. The first-order valence-electron chi connectivity index (χ1n) is 6.61. The summed E-state index contributed by atoms with van der Waals surface area (Å²) < 4.78 is 0. The molecule has 2 rings (SSSR count). The average molecular weight is 270 g/mol. The van der Waals surface area contributed by atoms with Crippen LogP contribution >= 0.6 is 11.6 Å². The van der Waals surface area contributed by atoms with E-state index in [0.717, 1.165) is 37.9 Å². The van der Waals surface area contributed by atoms with Crippen molar-refractivity contribution in [3.05, 3.63) is 17.0 Å². The van der Waals surface area contributed by atoms with E-state index in [2.05, 4.69) is 15.3 Å². The fraction of sp³-hybridized carbons (Fsp3) is 0.692. The molecule has 0 saturated heterocycles. The summed E-state index contributed by atoms with van der Waals surface area (Å²) >= 11 is 5.93. The van der Waals surface area contributed by atoms with Crippen molar-refractivity contribution in [2.45, 2.75) is 51.0 Å². The average Bonchev–Trinajstić information content (AvgIpc) is 2.37. The lowest BCUT2D eigenvalue weighted by Gasteiger charge is -2.32. The van der Waals surface area contributed by atoms with Crippen LogP contribution in [-0.2, 0) is 6.42 Å². The molecule has 18 heavy (non-hydrogen) atoms. The Balaban J connectivity index is 1.98. The van der Waals surface area contributed by atoms with Gasteiger partial charge in [-0.2, -0.15) is 0 Å². The van der Waals surface area contributed by atoms with E-state index >= 15 is 0 Å². The molecular formula is C13H20ClN3O. The van der Waals surface area contributed by atoms with Gasteiger partial charge in [0.25, 0.3) is 0 Å². The Labute approximate surface area is 113 Å². The van der Waals surface area contributed by atoms with Crippen molar-refractivity contribution < 1.29 is 5.11 Å². The largest absolute Gasteiger partial charge is 0.388 e. The van der Waals surface area contributed by atoms with Crippen LogP contribution in [-0.4, -0.2) is 27.2 Å². The molecule has 2 N–H and O–H groups in total. The number of aryl methyl sites for hydroxylation is 1. The summed E-state index contributed by atoms with van der Waals surface area (Å²) in [6.07, 6.45) is 5.89. The number of halogens is 1. The number of aromatic nitrogens is 2. The van der Waals surface area contributed by atoms with Crippen molar-refractivity contribution >= 4 is 17.4 Å². The first kappa shape index (κ1) is 13.6. The predicted octanol–water partition coefficient (Wildman–Crippen LogP) is 2.80. The molecule has 0 unspecified atom stereocenters. The van der Waals surface area contributed by atoms with Crippen LogP contribution in [0.1, 0.15) is 44.9 Å². The maximum absolute atomic E-state index is 10.4. The van der Waals surface area contributed by atoms with Crippen LogP contribution in [0.3, 0.4) is 0 Å². The zero-order chi connectivity index (χ0) is 13.0. The lowest BCUT2D eigenvalue weighted by molar-refractivity contribution is 0.0166. The zero-order valence-corrected chi connectivity index (χ0v) is 11.5. The molecule has 1 saturated carbocycles. The van der Waals surface area contributed by atoms with Crippen LogP contribution < -0.4 is 5.32 Å². The van der Waals surface area contributed by atoms with Crippen LogP contribution in [0.25, 0.3) is 0 Å². The quantitative estimate of drug-likeness (QED) is 0.826. The number of nitrogens with one attached hydrogen (secondary N) is 1. The van der Waals surface area contributed by atoms with Gasteiger partial charge in [-0.25, -0.2) is 9.97 Å². The SMILES string of the molecule is CCc1nc(Cl)cc(NCC2(O)CCCCC2)n1. The van der Waals surface area contributed by atoms with Crippen LogP contribution in [0.2, 0.25) is 5.15 Å². The summed E-state index contributed by atoms with van der Waals surface area (Å²) in [6, 6.07) is 1.70. The maximum atomic E-state index is 10.4. The monoisotopic (exact) mass is 269 g/mol. The van der Waals surface area contributed by atoms with Crippen molar-refractivity contribution in [2.24, 2.45) is 0 Å². The highest BCUT2D eigenvalue weighted by molar-refractivity contribution is 6.29. The van der Waals surface area contributed by atoms with Crippen LogP contribution in [0, 0.1) is 0 Å². The summed E-state index contributed by atoms with van der Waals surface area (Å²) in [7, 11) is 0. The van der Waals surface area contributed by atoms with Gasteiger partial charge < -0.3 is 10.4 Å². The molecule has 0 spiro atoms. The molecule has 5 heteroatoms. The van der Waals surface area contributed by atoms with Gasteiger partial charge in [0, 0.05) is 19.0 Å². The second-order valence-corrected chi connectivity index (χ2v) is 5.37. The molecule has 100 valence electrons. The lowest BCUT2D eigenvalue weighted by atomic mass is 9.85. The first-order valence-corrected chi connectivity index (χ1v) is 6.99. The molecule has 0 aromatic carbocycles. The normalized spacial score (nSPS) is 18.6. The summed E-state index contributed by atoms with van der Waals surface area (Å²) in [5, 5.41) is 14.0. The molecule has 1 heterocycles. The molecule has 4 nitrogen and oxygen atoms in total. The van der Waals surface area contributed by atoms with Gasteiger partial charge in [-0.3, -0.25) is 0 Å². The van der Waals surface area contributed by atoms with Gasteiger partial charge in [0.1, 0.15) is 16.8 Å². The molecule has 0 amide bonds. The van der Waals surface area contributed by atoms with Gasteiger partial charge in [0.05, 0.1) is 5.60 Å². The highest BCUT2D eigenvalue weighted by atomic mass is 35.5. The smallest absolute Gasteiger partial charge is 0.134 e. The van der Waals surface area contributed by atoms with E-state index in [1.165, 1.54) is 6.42 Å². The maximum Gasteiger partial charge on any atom is 0.134 e. The topological polar surface area (TPSA) is 58.0 Å². The summed E-state index contributed by atoms with van der Waals surface area (Å²) in [5.74, 6) is 1.42. The molecule has 0 radical (unpaired) electrons. The van der Waals surface area contributed by atoms with Gasteiger partial charge in [0.2, 0.25) is 0 Å². The van der Waals surface area contributed by atoms with Gasteiger partial charge >= 0.3 is 0 Å². The third-order valence-corrected chi connectivity index (χ3v) is 3.63. The van der Waals surface area contributed by atoms with Gasteiger partial charge in [-0.15, -0.1) is 0 Å². The molecule has 0 atom stereocenters. The molecule has 0 bridgehead atoms. The Morgan fingerprint density at radius 2 is 2.06 bits per heavy atom. The number of anilines is 1. The van der Waals surface area contributed by atoms with E-state index in [1.54, 1.807) is 6.07 Å². The highest BCUT2D eigenvalue weighted by Crippen LogP contribution is 2.28. The van der Waals surface area contributed by atoms with E-state index in [1.807, 2.05) is 6.92 Å². The Kier molecular flexibility index (Phi) is 4.40. The van der Waals surface area contributed by atoms with Crippen LogP contribution in [0.5, 0.6) is 0 Å². The molecule has 0 aliphatic heterocycles. The lowest BCUT2D eigenvalue weighted by Crippen LogP contribution is -2.39. The molecule has 1 fully saturated rings. The summed E-state index contributed by atoms with van der Waals surface area (Å²) in [6.45, 7) is 2.52. The van der Waals surface area contributed by atoms with Crippen molar-refractivity contribution in [2.75, 3.05) is 11.9 Å². The first-order chi connectivity index (χ1) is 8.61. The van der Waals surface area contributed by atoms with Crippen LogP contribution in [0.15, 0.2) is 6.07 Å².